The molecule has 1 unspecified atom stereocenters. The van der Waals surface area contributed by atoms with E-state index in [4.69, 9.17) is 0 Å². The van der Waals surface area contributed by atoms with Crippen LogP contribution < -0.4 is 5.32 Å². The summed E-state index contributed by atoms with van der Waals surface area (Å²) in [5.41, 5.74) is 2.59. The van der Waals surface area contributed by atoms with Crippen LogP contribution in [0.25, 0.3) is 0 Å². The number of hydrogen-bond acceptors (Lipinski definition) is 2. The highest BCUT2D eigenvalue weighted by atomic mass is 14.9. The molecule has 16 heavy (non-hydrogen) atoms. The number of nitrogens with one attached hydrogen (secondary N) is 1. The lowest BCUT2D eigenvalue weighted by Crippen LogP contribution is -2.11. The summed E-state index contributed by atoms with van der Waals surface area (Å²) in [4.78, 5) is 4.01. The summed E-state index contributed by atoms with van der Waals surface area (Å²) in [6.45, 7) is 3.06. The van der Waals surface area contributed by atoms with Gasteiger partial charge in [-0.25, -0.2) is 0 Å². The maximum absolute atomic E-state index is 4.01. The van der Waals surface area contributed by atoms with Crippen LogP contribution in [0.15, 0.2) is 43.0 Å². The molecule has 0 aliphatic heterocycles. The fraction of sp³-hybridized carbons (Fsp3) is 0.308. The molecule has 84 valence electrons. The summed E-state index contributed by atoms with van der Waals surface area (Å²) < 4.78 is 2.19. The monoisotopic (exact) mass is 215 g/mol. The van der Waals surface area contributed by atoms with E-state index in [1.165, 1.54) is 11.1 Å². The Labute approximate surface area is 96.1 Å². The van der Waals surface area contributed by atoms with Crippen LogP contribution >= 0.6 is 0 Å². The molecule has 1 N–H and O–H groups in total. The van der Waals surface area contributed by atoms with Crippen LogP contribution in [0, 0.1) is 0 Å². The first kappa shape index (κ1) is 10.9. The van der Waals surface area contributed by atoms with Crippen molar-refractivity contribution in [2.45, 2.75) is 19.5 Å². The van der Waals surface area contributed by atoms with Gasteiger partial charge in [-0.1, -0.05) is 0 Å². The number of pyridine rings is 1. The zero-order valence-corrected chi connectivity index (χ0v) is 9.72. The first-order chi connectivity index (χ1) is 7.79. The van der Waals surface area contributed by atoms with Gasteiger partial charge in [0.05, 0.1) is 0 Å². The summed E-state index contributed by atoms with van der Waals surface area (Å²) in [7, 11) is 1.98. The molecule has 0 aromatic carbocycles. The third-order valence-corrected chi connectivity index (χ3v) is 2.82. The summed E-state index contributed by atoms with van der Waals surface area (Å²) >= 11 is 0. The fourth-order valence-corrected chi connectivity index (χ4v) is 1.68. The first-order valence-electron chi connectivity index (χ1n) is 5.51. The second-order valence-electron chi connectivity index (χ2n) is 3.98. The van der Waals surface area contributed by atoms with Crippen LogP contribution in [0.3, 0.4) is 0 Å². The molecule has 3 heteroatoms. The molecule has 0 spiro atoms. The van der Waals surface area contributed by atoms with E-state index < -0.39 is 0 Å². The molecule has 0 aliphatic carbocycles. The Morgan fingerprint density at radius 2 is 2.06 bits per heavy atom. The minimum atomic E-state index is 0.402. The molecule has 0 saturated carbocycles. The highest BCUT2D eigenvalue weighted by molar-refractivity contribution is 5.17. The fourth-order valence-electron chi connectivity index (χ4n) is 1.68. The van der Waals surface area contributed by atoms with Gasteiger partial charge in [0, 0.05) is 37.4 Å². The van der Waals surface area contributed by atoms with E-state index >= 15 is 0 Å². The van der Waals surface area contributed by atoms with Crippen molar-refractivity contribution in [3.63, 3.8) is 0 Å². The Balaban J connectivity index is 2.09. The van der Waals surface area contributed by atoms with Gasteiger partial charge in [-0.05, 0) is 43.3 Å². The molecule has 1 atom stereocenters. The molecule has 2 aromatic rings. The van der Waals surface area contributed by atoms with E-state index in [1.54, 1.807) is 0 Å². The van der Waals surface area contributed by atoms with Crippen LogP contribution in [0.5, 0.6) is 0 Å². The Hall–Kier alpha value is -1.61. The Morgan fingerprint density at radius 3 is 2.75 bits per heavy atom. The summed E-state index contributed by atoms with van der Waals surface area (Å²) in [6, 6.07) is 6.64. The minimum absolute atomic E-state index is 0.402. The van der Waals surface area contributed by atoms with E-state index in [9.17, 15) is 0 Å². The van der Waals surface area contributed by atoms with Gasteiger partial charge in [-0.3, -0.25) is 4.98 Å². The van der Waals surface area contributed by atoms with Crippen molar-refractivity contribution in [3.8, 4) is 0 Å². The number of aromatic nitrogens is 2. The molecule has 0 bridgehead atoms. The SMILES string of the molecule is CNC(C)c1ccn(Cc2ccncc2)c1. The van der Waals surface area contributed by atoms with E-state index in [1.807, 2.05) is 31.6 Å². The molecule has 2 heterocycles. The van der Waals surface area contributed by atoms with E-state index in [0.717, 1.165) is 6.54 Å². The van der Waals surface area contributed by atoms with E-state index in [-0.39, 0.29) is 0 Å². The quantitative estimate of drug-likeness (QED) is 0.847. The average molecular weight is 215 g/mol. The standard InChI is InChI=1S/C13H17N3/c1-11(14-2)13-5-8-16(10-13)9-12-3-6-15-7-4-12/h3-8,10-11,14H,9H2,1-2H3. The molecule has 0 fully saturated rings. The van der Waals surface area contributed by atoms with Crippen molar-refractivity contribution >= 4 is 0 Å². The van der Waals surface area contributed by atoms with Crippen LogP contribution in [0.4, 0.5) is 0 Å². The van der Waals surface area contributed by atoms with Gasteiger partial charge in [-0.15, -0.1) is 0 Å². The van der Waals surface area contributed by atoms with Crippen LogP contribution in [-0.2, 0) is 6.54 Å². The zero-order chi connectivity index (χ0) is 11.4. The Bertz CT molecular complexity index is 433. The Morgan fingerprint density at radius 1 is 1.31 bits per heavy atom. The van der Waals surface area contributed by atoms with E-state index in [0.29, 0.717) is 6.04 Å². The lowest BCUT2D eigenvalue weighted by Gasteiger charge is -2.07. The summed E-state index contributed by atoms with van der Waals surface area (Å²) in [6.07, 6.45) is 7.96. The largest absolute Gasteiger partial charge is 0.350 e. The smallest absolute Gasteiger partial charge is 0.0471 e. The zero-order valence-electron chi connectivity index (χ0n) is 9.72. The number of hydrogen-bond donors (Lipinski definition) is 1. The number of rotatable bonds is 4. The summed E-state index contributed by atoms with van der Waals surface area (Å²) in [5.74, 6) is 0. The van der Waals surface area contributed by atoms with Crippen LogP contribution in [0.2, 0.25) is 0 Å². The van der Waals surface area contributed by atoms with Crippen molar-refractivity contribution < 1.29 is 0 Å². The van der Waals surface area contributed by atoms with Crippen LogP contribution in [0.1, 0.15) is 24.1 Å². The second kappa shape index (κ2) is 4.94. The molecule has 0 saturated heterocycles. The minimum Gasteiger partial charge on any atom is -0.350 e. The molecular formula is C13H17N3. The van der Waals surface area contributed by atoms with Crippen molar-refractivity contribution in [1.82, 2.24) is 14.9 Å². The predicted octanol–water partition coefficient (Wildman–Crippen LogP) is 2.21. The third-order valence-electron chi connectivity index (χ3n) is 2.82. The highest BCUT2D eigenvalue weighted by Crippen LogP contribution is 2.13. The van der Waals surface area contributed by atoms with Gasteiger partial charge in [0.1, 0.15) is 0 Å². The molecule has 2 aromatic heterocycles. The van der Waals surface area contributed by atoms with Gasteiger partial charge in [0.2, 0.25) is 0 Å². The average Bonchev–Trinajstić information content (AvgIpc) is 2.78. The predicted molar refractivity (Wildman–Crippen MR) is 65.2 cm³/mol. The lowest BCUT2D eigenvalue weighted by molar-refractivity contribution is 0.649. The van der Waals surface area contributed by atoms with E-state index in [2.05, 4.69) is 40.3 Å². The normalized spacial score (nSPS) is 12.6. The van der Waals surface area contributed by atoms with Gasteiger partial charge in [-0.2, -0.15) is 0 Å². The molecule has 0 aliphatic rings. The maximum atomic E-state index is 4.01. The number of nitrogens with zero attached hydrogens (tertiary/aromatic N) is 2. The molecule has 0 amide bonds. The molecular weight excluding hydrogens is 198 g/mol. The third kappa shape index (κ3) is 2.49. The summed E-state index contributed by atoms with van der Waals surface area (Å²) in [5, 5.41) is 3.24. The second-order valence-corrected chi connectivity index (χ2v) is 3.98. The Kier molecular flexibility index (Phi) is 3.37. The van der Waals surface area contributed by atoms with Gasteiger partial charge >= 0.3 is 0 Å². The van der Waals surface area contributed by atoms with Crippen molar-refractivity contribution in [2.24, 2.45) is 0 Å². The maximum Gasteiger partial charge on any atom is 0.0471 e. The highest BCUT2D eigenvalue weighted by Gasteiger charge is 2.04. The van der Waals surface area contributed by atoms with Crippen molar-refractivity contribution in [2.75, 3.05) is 7.05 Å². The molecule has 2 rings (SSSR count). The lowest BCUT2D eigenvalue weighted by atomic mass is 10.2. The van der Waals surface area contributed by atoms with Crippen molar-refractivity contribution in [3.05, 3.63) is 54.1 Å². The van der Waals surface area contributed by atoms with Gasteiger partial charge < -0.3 is 9.88 Å². The molecule has 3 nitrogen and oxygen atoms in total. The van der Waals surface area contributed by atoms with Gasteiger partial charge in [0.15, 0.2) is 0 Å². The van der Waals surface area contributed by atoms with Gasteiger partial charge in [0.25, 0.3) is 0 Å². The first-order valence-corrected chi connectivity index (χ1v) is 5.51. The topological polar surface area (TPSA) is 29.9 Å². The van der Waals surface area contributed by atoms with Crippen molar-refractivity contribution in [1.29, 1.82) is 0 Å². The van der Waals surface area contributed by atoms with Crippen LogP contribution in [-0.4, -0.2) is 16.6 Å². The molecule has 0 radical (unpaired) electrons.